The molecule has 0 saturated carbocycles. The van der Waals surface area contributed by atoms with Gasteiger partial charge in [0.15, 0.2) is 0 Å². The van der Waals surface area contributed by atoms with Gasteiger partial charge in [-0.05, 0) is 58.1 Å². The van der Waals surface area contributed by atoms with Gasteiger partial charge in [-0.1, -0.05) is 66.1 Å². The number of para-hydroxylation sites is 2. The highest BCUT2D eigenvalue weighted by molar-refractivity contribution is 7.02. The van der Waals surface area contributed by atoms with Gasteiger partial charge in [-0.3, -0.25) is 0 Å². The van der Waals surface area contributed by atoms with Gasteiger partial charge in [0, 0.05) is 27.8 Å². The molecule has 142 valence electrons. The van der Waals surface area contributed by atoms with Crippen molar-refractivity contribution in [3.63, 3.8) is 0 Å². The van der Waals surface area contributed by atoms with Crippen LogP contribution in [0.2, 0.25) is 0 Å². The number of hydrogen-bond acceptors (Lipinski definition) is 2. The molecule has 0 aliphatic carbocycles. The predicted molar refractivity (Wildman–Crippen MR) is 131 cm³/mol. The average Bonchev–Trinajstić information content (AvgIpc) is 3.22. The standard InChI is InChI=1S/C28H16BNO/c1-2-7-18(8-3-1)30-21-11-5-4-9-19(21)29-20-10-6-12-23-26(20)27-24(31-23)16-14-17-13-15-22(30)28(29)25(17)27/h1-16H. The summed E-state index contributed by atoms with van der Waals surface area (Å²) in [7, 11) is 0. The number of fused-ring (bicyclic) bond motifs is 3. The van der Waals surface area contributed by atoms with Crippen molar-refractivity contribution < 1.29 is 4.42 Å². The molecule has 0 radical (unpaired) electrons. The number of rotatable bonds is 1. The second-order valence-electron chi connectivity index (χ2n) is 8.52. The molecule has 3 heterocycles. The fourth-order valence-corrected chi connectivity index (χ4v) is 5.89. The van der Waals surface area contributed by atoms with Gasteiger partial charge in [-0.15, -0.1) is 0 Å². The Bertz CT molecular complexity index is 1700. The zero-order valence-corrected chi connectivity index (χ0v) is 16.7. The lowest BCUT2D eigenvalue weighted by Crippen LogP contribution is -2.58. The number of nitrogens with zero attached hydrogens (tertiary/aromatic N) is 1. The molecular formula is C28H16BNO. The van der Waals surface area contributed by atoms with E-state index >= 15 is 0 Å². The van der Waals surface area contributed by atoms with Crippen molar-refractivity contribution in [2.45, 2.75) is 0 Å². The maximum absolute atomic E-state index is 6.31. The van der Waals surface area contributed by atoms with Crippen molar-refractivity contribution in [3.05, 3.63) is 97.1 Å². The molecule has 0 atom stereocenters. The lowest BCUT2D eigenvalue weighted by Gasteiger charge is -2.39. The van der Waals surface area contributed by atoms with Gasteiger partial charge in [0.1, 0.15) is 11.2 Å². The largest absolute Gasteiger partial charge is 0.456 e. The van der Waals surface area contributed by atoms with Crippen molar-refractivity contribution in [3.8, 4) is 0 Å². The van der Waals surface area contributed by atoms with Crippen molar-refractivity contribution >= 4 is 72.9 Å². The van der Waals surface area contributed by atoms with Crippen molar-refractivity contribution in [1.82, 2.24) is 0 Å². The van der Waals surface area contributed by atoms with E-state index < -0.39 is 0 Å². The summed E-state index contributed by atoms with van der Waals surface area (Å²) in [5, 5.41) is 5.16. The van der Waals surface area contributed by atoms with Crippen LogP contribution in [-0.4, -0.2) is 6.71 Å². The lowest BCUT2D eigenvalue weighted by molar-refractivity contribution is 0.669. The third kappa shape index (κ3) is 1.81. The SMILES string of the molecule is c1ccc(N2c3ccccc3B3c4c2ccc2ccc5oc6cccc3c6c5c42)cc1. The molecule has 1 aromatic heterocycles. The molecule has 0 bridgehead atoms. The van der Waals surface area contributed by atoms with Crippen LogP contribution in [0.1, 0.15) is 0 Å². The van der Waals surface area contributed by atoms with Crippen LogP contribution < -0.4 is 21.3 Å². The summed E-state index contributed by atoms with van der Waals surface area (Å²) in [5.41, 5.74) is 9.76. The van der Waals surface area contributed by atoms with E-state index in [9.17, 15) is 0 Å². The number of hydrogen-bond donors (Lipinski definition) is 0. The molecule has 0 spiro atoms. The van der Waals surface area contributed by atoms with E-state index in [4.69, 9.17) is 4.42 Å². The van der Waals surface area contributed by atoms with Gasteiger partial charge in [-0.2, -0.15) is 0 Å². The van der Waals surface area contributed by atoms with Crippen LogP contribution in [0, 0.1) is 0 Å². The van der Waals surface area contributed by atoms with Gasteiger partial charge in [0.2, 0.25) is 6.71 Å². The van der Waals surface area contributed by atoms with Crippen molar-refractivity contribution in [1.29, 1.82) is 0 Å². The molecule has 0 amide bonds. The molecule has 3 heteroatoms. The Kier molecular flexibility index (Phi) is 2.75. The van der Waals surface area contributed by atoms with Crippen molar-refractivity contribution in [2.75, 3.05) is 4.90 Å². The van der Waals surface area contributed by atoms with E-state index in [-0.39, 0.29) is 6.71 Å². The second kappa shape index (κ2) is 5.38. The summed E-state index contributed by atoms with van der Waals surface area (Å²) >= 11 is 0. The third-order valence-electron chi connectivity index (χ3n) is 7.04. The number of furan rings is 1. The Hall–Kier alpha value is -3.98. The average molecular weight is 393 g/mol. The van der Waals surface area contributed by atoms with Crippen LogP contribution in [0.25, 0.3) is 32.7 Å². The first-order valence-corrected chi connectivity index (χ1v) is 10.7. The minimum atomic E-state index is 0.203. The molecule has 2 nitrogen and oxygen atoms in total. The molecule has 0 fully saturated rings. The Morgan fingerprint density at radius 1 is 0.548 bits per heavy atom. The molecule has 6 aromatic rings. The molecule has 0 unspecified atom stereocenters. The summed E-state index contributed by atoms with van der Waals surface area (Å²) in [6, 6.07) is 35.0. The predicted octanol–water partition coefficient (Wildman–Crippen LogP) is 5.35. The monoisotopic (exact) mass is 393 g/mol. The highest BCUT2D eigenvalue weighted by Crippen LogP contribution is 2.42. The van der Waals surface area contributed by atoms with E-state index in [2.05, 4.69) is 102 Å². The Morgan fingerprint density at radius 3 is 2.26 bits per heavy atom. The Morgan fingerprint density at radius 2 is 1.32 bits per heavy atom. The van der Waals surface area contributed by atoms with E-state index in [1.807, 2.05) is 0 Å². The first-order chi connectivity index (χ1) is 15.4. The normalized spacial score (nSPS) is 13.7. The molecule has 2 aliphatic rings. The van der Waals surface area contributed by atoms with E-state index in [1.165, 1.54) is 55.0 Å². The lowest BCUT2D eigenvalue weighted by atomic mass is 9.33. The highest BCUT2D eigenvalue weighted by Gasteiger charge is 2.40. The quantitative estimate of drug-likeness (QED) is 0.350. The van der Waals surface area contributed by atoms with Crippen LogP contribution in [0.5, 0.6) is 0 Å². The maximum atomic E-state index is 6.31. The molecule has 8 rings (SSSR count). The van der Waals surface area contributed by atoms with Crippen LogP contribution in [0.4, 0.5) is 17.1 Å². The van der Waals surface area contributed by atoms with Gasteiger partial charge < -0.3 is 9.32 Å². The number of benzene rings is 5. The highest BCUT2D eigenvalue weighted by atomic mass is 16.3. The molecule has 2 aliphatic heterocycles. The summed E-state index contributed by atoms with van der Waals surface area (Å²) in [5.74, 6) is 0. The molecule has 31 heavy (non-hydrogen) atoms. The first-order valence-electron chi connectivity index (χ1n) is 10.7. The minimum Gasteiger partial charge on any atom is -0.456 e. The van der Waals surface area contributed by atoms with Gasteiger partial charge in [0.05, 0.1) is 0 Å². The molecule has 0 saturated heterocycles. The van der Waals surface area contributed by atoms with Crippen LogP contribution in [0.15, 0.2) is 101 Å². The third-order valence-corrected chi connectivity index (χ3v) is 7.04. The Labute approximate surface area is 179 Å². The van der Waals surface area contributed by atoms with E-state index in [1.54, 1.807) is 0 Å². The van der Waals surface area contributed by atoms with Gasteiger partial charge in [-0.25, -0.2) is 0 Å². The zero-order valence-electron chi connectivity index (χ0n) is 16.7. The van der Waals surface area contributed by atoms with Crippen LogP contribution in [-0.2, 0) is 0 Å². The van der Waals surface area contributed by atoms with E-state index in [0.29, 0.717) is 0 Å². The van der Waals surface area contributed by atoms with E-state index in [0.717, 1.165) is 11.2 Å². The fraction of sp³-hybridized carbons (Fsp3) is 0. The first kappa shape index (κ1) is 15.8. The minimum absolute atomic E-state index is 0.203. The summed E-state index contributed by atoms with van der Waals surface area (Å²) in [6.45, 7) is 0.203. The molecule has 5 aromatic carbocycles. The number of anilines is 3. The van der Waals surface area contributed by atoms with Crippen LogP contribution in [0.3, 0.4) is 0 Å². The van der Waals surface area contributed by atoms with Crippen molar-refractivity contribution in [2.24, 2.45) is 0 Å². The zero-order chi connectivity index (χ0) is 20.1. The smallest absolute Gasteiger partial charge is 0.248 e. The fourth-order valence-electron chi connectivity index (χ4n) is 5.89. The van der Waals surface area contributed by atoms with Gasteiger partial charge in [0.25, 0.3) is 0 Å². The second-order valence-corrected chi connectivity index (χ2v) is 8.52. The Balaban J connectivity index is 1.63. The summed E-state index contributed by atoms with van der Waals surface area (Å²) in [4.78, 5) is 2.42. The molecule has 0 N–H and O–H groups in total. The summed E-state index contributed by atoms with van der Waals surface area (Å²) < 4.78 is 6.31. The summed E-state index contributed by atoms with van der Waals surface area (Å²) in [6.07, 6.45) is 0. The maximum Gasteiger partial charge on any atom is 0.248 e. The van der Waals surface area contributed by atoms with Gasteiger partial charge >= 0.3 is 0 Å². The topological polar surface area (TPSA) is 16.4 Å². The van der Waals surface area contributed by atoms with Crippen LogP contribution >= 0.6 is 0 Å². The molecular weight excluding hydrogens is 377 g/mol.